The third-order valence-electron chi connectivity index (χ3n) is 3.72. The standard InChI is InChI=1S/C14H16F3N3O7/c15-14(16,17)12(25)18-3-1-2-6-4-20(13(26)19-10(6)24)11-9(23)8(22)7(5-21)27-11/h1-2,4,7-9,11,21-23H,3,5H2,(H,18,25)(H,19,24,26)/t7-,8?,9+,11-/m1/s1. The summed E-state index contributed by atoms with van der Waals surface area (Å²) >= 11 is 0. The van der Waals surface area contributed by atoms with Crippen molar-refractivity contribution in [2.75, 3.05) is 13.2 Å². The SMILES string of the molecule is O=C(NCC=Cc1cn([C@@H]2O[C@H](CO)C(O)[C@@H]2O)c(=O)[nH]c1=O)C(F)(F)F. The topological polar surface area (TPSA) is 154 Å². The number of nitrogens with zero attached hydrogens (tertiary/aromatic N) is 1. The highest BCUT2D eigenvalue weighted by atomic mass is 19.4. The number of H-pyrrole nitrogens is 1. The predicted molar refractivity (Wildman–Crippen MR) is 82.4 cm³/mol. The van der Waals surface area contributed by atoms with E-state index in [1.165, 1.54) is 0 Å². The average molecular weight is 395 g/mol. The quantitative estimate of drug-likeness (QED) is 0.381. The van der Waals surface area contributed by atoms with Gasteiger partial charge in [-0.3, -0.25) is 19.1 Å². The van der Waals surface area contributed by atoms with Gasteiger partial charge in [-0.05, 0) is 0 Å². The van der Waals surface area contributed by atoms with Gasteiger partial charge in [-0.25, -0.2) is 4.79 Å². The van der Waals surface area contributed by atoms with Gasteiger partial charge in [-0.1, -0.05) is 12.2 Å². The maximum absolute atomic E-state index is 12.1. The van der Waals surface area contributed by atoms with E-state index >= 15 is 0 Å². The number of halogens is 3. The summed E-state index contributed by atoms with van der Waals surface area (Å²) in [6, 6.07) is 0. The first kappa shape index (κ1) is 20.8. The van der Waals surface area contributed by atoms with Crippen molar-refractivity contribution in [2.45, 2.75) is 30.7 Å². The largest absolute Gasteiger partial charge is 0.471 e. The molecule has 27 heavy (non-hydrogen) atoms. The van der Waals surface area contributed by atoms with Gasteiger partial charge in [0.2, 0.25) is 0 Å². The van der Waals surface area contributed by atoms with E-state index in [4.69, 9.17) is 9.84 Å². The third-order valence-corrected chi connectivity index (χ3v) is 3.72. The molecule has 13 heteroatoms. The summed E-state index contributed by atoms with van der Waals surface area (Å²) in [5.74, 6) is -2.16. The highest BCUT2D eigenvalue weighted by molar-refractivity contribution is 5.81. The second kappa shape index (κ2) is 8.04. The molecule has 1 unspecified atom stereocenters. The zero-order chi connectivity index (χ0) is 20.4. The van der Waals surface area contributed by atoms with Crippen LogP contribution in [-0.4, -0.2) is 68.4 Å². The molecule has 1 aromatic rings. The van der Waals surface area contributed by atoms with Crippen LogP contribution in [0.5, 0.6) is 0 Å². The Bertz CT molecular complexity index is 832. The first-order chi connectivity index (χ1) is 12.6. The molecule has 1 aromatic heterocycles. The average Bonchev–Trinajstić information content (AvgIpc) is 2.87. The number of aromatic nitrogens is 2. The number of amides is 1. The Morgan fingerprint density at radius 3 is 2.56 bits per heavy atom. The smallest absolute Gasteiger partial charge is 0.394 e. The first-order valence-electron chi connectivity index (χ1n) is 7.55. The predicted octanol–water partition coefficient (Wildman–Crippen LogP) is -2.16. The molecule has 2 rings (SSSR count). The fourth-order valence-electron chi connectivity index (χ4n) is 2.36. The zero-order valence-electron chi connectivity index (χ0n) is 13.5. The van der Waals surface area contributed by atoms with Crippen molar-refractivity contribution in [3.63, 3.8) is 0 Å². The lowest BCUT2D eigenvalue weighted by Crippen LogP contribution is -2.38. The van der Waals surface area contributed by atoms with Gasteiger partial charge in [0.25, 0.3) is 5.56 Å². The lowest BCUT2D eigenvalue weighted by atomic mass is 10.1. The number of hydrogen-bond donors (Lipinski definition) is 5. The van der Waals surface area contributed by atoms with Crippen molar-refractivity contribution < 1.29 is 38.0 Å². The molecule has 1 fully saturated rings. The minimum atomic E-state index is -5.04. The number of carbonyl (C=O) groups excluding carboxylic acids is 1. The highest BCUT2D eigenvalue weighted by Gasteiger charge is 2.43. The van der Waals surface area contributed by atoms with Crippen LogP contribution >= 0.6 is 0 Å². The number of nitrogens with one attached hydrogen (secondary N) is 2. The molecule has 10 nitrogen and oxygen atoms in total. The number of aliphatic hydroxyl groups excluding tert-OH is 3. The van der Waals surface area contributed by atoms with E-state index in [1.54, 1.807) is 5.32 Å². The van der Waals surface area contributed by atoms with Crippen molar-refractivity contribution >= 4 is 12.0 Å². The van der Waals surface area contributed by atoms with E-state index in [0.29, 0.717) is 0 Å². The van der Waals surface area contributed by atoms with Crippen LogP contribution in [0.25, 0.3) is 6.08 Å². The van der Waals surface area contributed by atoms with Crippen molar-refractivity contribution in [3.05, 3.63) is 38.7 Å². The van der Waals surface area contributed by atoms with E-state index in [9.17, 15) is 37.8 Å². The number of alkyl halides is 3. The van der Waals surface area contributed by atoms with E-state index in [0.717, 1.165) is 22.9 Å². The maximum Gasteiger partial charge on any atom is 0.471 e. The lowest BCUT2D eigenvalue weighted by molar-refractivity contribution is -0.173. The molecule has 150 valence electrons. The normalized spacial score (nSPS) is 25.9. The van der Waals surface area contributed by atoms with Crippen LogP contribution in [0.1, 0.15) is 11.8 Å². The van der Waals surface area contributed by atoms with Crippen molar-refractivity contribution in [3.8, 4) is 0 Å². The molecule has 1 aliphatic heterocycles. The molecule has 0 bridgehead atoms. The maximum atomic E-state index is 12.1. The van der Waals surface area contributed by atoms with Crippen molar-refractivity contribution in [1.29, 1.82) is 0 Å². The van der Waals surface area contributed by atoms with Gasteiger partial charge in [-0.15, -0.1) is 0 Å². The van der Waals surface area contributed by atoms with Crippen LogP contribution in [0.4, 0.5) is 13.2 Å². The van der Waals surface area contributed by atoms with Gasteiger partial charge >= 0.3 is 17.8 Å². The van der Waals surface area contributed by atoms with Crippen molar-refractivity contribution in [1.82, 2.24) is 14.9 Å². The summed E-state index contributed by atoms with van der Waals surface area (Å²) < 4.78 is 42.1. The van der Waals surface area contributed by atoms with Crippen LogP contribution in [0.2, 0.25) is 0 Å². The zero-order valence-corrected chi connectivity index (χ0v) is 13.5. The summed E-state index contributed by atoms with van der Waals surface area (Å²) in [4.78, 5) is 36.3. The Morgan fingerprint density at radius 2 is 2.00 bits per heavy atom. The fraction of sp³-hybridized carbons (Fsp3) is 0.500. The molecule has 1 amide bonds. The minimum absolute atomic E-state index is 0.186. The van der Waals surface area contributed by atoms with E-state index in [2.05, 4.69) is 0 Å². The van der Waals surface area contributed by atoms with Crippen LogP contribution in [0.3, 0.4) is 0 Å². The summed E-state index contributed by atoms with van der Waals surface area (Å²) in [5, 5.41) is 30.3. The third kappa shape index (κ3) is 4.63. The molecule has 5 N–H and O–H groups in total. The number of aliphatic hydroxyl groups is 3. The van der Waals surface area contributed by atoms with Gasteiger partial charge < -0.3 is 25.4 Å². The molecule has 2 heterocycles. The van der Waals surface area contributed by atoms with Crippen LogP contribution in [0.15, 0.2) is 21.9 Å². The Balaban J connectivity index is 2.19. The highest BCUT2D eigenvalue weighted by Crippen LogP contribution is 2.28. The van der Waals surface area contributed by atoms with Gasteiger partial charge in [0.1, 0.15) is 18.3 Å². The molecule has 1 aliphatic rings. The summed E-state index contributed by atoms with van der Waals surface area (Å²) in [5.41, 5.74) is -2.03. The Morgan fingerprint density at radius 1 is 1.33 bits per heavy atom. The van der Waals surface area contributed by atoms with Gasteiger partial charge in [-0.2, -0.15) is 13.2 Å². The molecule has 1 saturated heterocycles. The fourth-order valence-corrected chi connectivity index (χ4v) is 2.36. The second-order valence-corrected chi connectivity index (χ2v) is 5.59. The summed E-state index contributed by atoms with van der Waals surface area (Å²) in [6.45, 7) is -1.16. The number of hydrogen-bond acceptors (Lipinski definition) is 7. The summed E-state index contributed by atoms with van der Waals surface area (Å²) in [7, 11) is 0. The van der Waals surface area contributed by atoms with Gasteiger partial charge in [0.15, 0.2) is 6.23 Å². The number of rotatable bonds is 5. The first-order valence-corrected chi connectivity index (χ1v) is 7.55. The Kier molecular flexibility index (Phi) is 6.20. The molecular weight excluding hydrogens is 379 g/mol. The van der Waals surface area contributed by atoms with E-state index in [1.807, 2.05) is 4.98 Å². The molecular formula is C14H16F3N3O7. The lowest BCUT2D eigenvalue weighted by Gasteiger charge is -2.17. The molecule has 0 spiro atoms. The molecule has 0 aliphatic carbocycles. The summed E-state index contributed by atoms with van der Waals surface area (Å²) in [6.07, 6.45) is -7.60. The van der Waals surface area contributed by atoms with Gasteiger partial charge in [0, 0.05) is 12.7 Å². The van der Waals surface area contributed by atoms with Crippen LogP contribution in [-0.2, 0) is 9.53 Å². The number of aromatic amines is 1. The second-order valence-electron chi connectivity index (χ2n) is 5.59. The monoisotopic (exact) mass is 395 g/mol. The van der Waals surface area contributed by atoms with Crippen LogP contribution in [0, 0.1) is 0 Å². The van der Waals surface area contributed by atoms with E-state index in [-0.39, 0.29) is 5.56 Å². The molecule has 0 radical (unpaired) electrons. The molecule has 0 aromatic carbocycles. The van der Waals surface area contributed by atoms with Gasteiger partial charge in [0.05, 0.1) is 12.2 Å². The minimum Gasteiger partial charge on any atom is -0.394 e. The number of carbonyl (C=O) groups is 1. The molecule has 0 saturated carbocycles. The Hall–Kier alpha value is -2.48. The van der Waals surface area contributed by atoms with Crippen molar-refractivity contribution in [2.24, 2.45) is 0 Å². The van der Waals surface area contributed by atoms with E-state index < -0.39 is 61.0 Å². The molecule has 4 atom stereocenters. The van der Waals surface area contributed by atoms with Crippen LogP contribution < -0.4 is 16.6 Å². The number of ether oxygens (including phenoxy) is 1. The Labute approximate surface area is 148 Å².